The Bertz CT molecular complexity index is 226. The Hall–Kier alpha value is -0.340. The summed E-state index contributed by atoms with van der Waals surface area (Å²) in [6.07, 6.45) is 2.86. The summed E-state index contributed by atoms with van der Waals surface area (Å²) >= 11 is 1.83. The molecule has 1 fully saturated rings. The Morgan fingerprint density at radius 1 is 1.67 bits per heavy atom. The first-order valence-corrected chi connectivity index (χ1v) is 5.50. The molecule has 1 aromatic heterocycles. The lowest BCUT2D eigenvalue weighted by Gasteiger charge is -2.10. The van der Waals surface area contributed by atoms with Crippen LogP contribution in [0.4, 0.5) is 0 Å². The van der Waals surface area contributed by atoms with Crippen LogP contribution in [0, 0.1) is 5.92 Å². The number of nitrogens with one attached hydrogen (secondary N) is 1. The van der Waals surface area contributed by atoms with Gasteiger partial charge in [-0.15, -0.1) is 11.3 Å². The smallest absolute Gasteiger partial charge is 0.0302 e. The van der Waals surface area contributed by atoms with Crippen molar-refractivity contribution in [3.8, 4) is 0 Å². The number of thiophene rings is 1. The normalized spacial score (nSPS) is 19.4. The van der Waals surface area contributed by atoms with Gasteiger partial charge in [0.15, 0.2) is 0 Å². The molecule has 66 valence electrons. The van der Waals surface area contributed by atoms with Crippen LogP contribution in [-0.4, -0.2) is 6.04 Å². The van der Waals surface area contributed by atoms with Gasteiger partial charge in [-0.2, -0.15) is 0 Å². The highest BCUT2D eigenvalue weighted by Crippen LogP contribution is 2.32. The molecule has 1 aromatic rings. The minimum absolute atomic E-state index is 0.715. The molecule has 1 heterocycles. The molecule has 0 amide bonds. The topological polar surface area (TPSA) is 12.0 Å². The summed E-state index contributed by atoms with van der Waals surface area (Å²) in [5.41, 5.74) is 0. The Labute approximate surface area is 77.8 Å². The number of hydrogen-bond acceptors (Lipinski definition) is 2. The summed E-state index contributed by atoms with van der Waals surface area (Å²) in [5.74, 6) is 0.963. The zero-order chi connectivity index (χ0) is 8.39. The summed E-state index contributed by atoms with van der Waals surface area (Å²) in [6.45, 7) is 3.35. The van der Waals surface area contributed by atoms with Gasteiger partial charge >= 0.3 is 0 Å². The van der Waals surface area contributed by atoms with E-state index in [1.54, 1.807) is 0 Å². The molecule has 1 N–H and O–H groups in total. The third-order valence-corrected chi connectivity index (χ3v) is 3.38. The van der Waals surface area contributed by atoms with Crippen molar-refractivity contribution in [3.05, 3.63) is 22.4 Å². The van der Waals surface area contributed by atoms with E-state index in [0.717, 1.165) is 12.5 Å². The zero-order valence-electron chi connectivity index (χ0n) is 7.42. The standard InChI is InChI=1S/C10H15NS/c1-8(9-4-5-9)11-7-10-3-2-6-12-10/h2-3,6,8-9,11H,4-5,7H2,1H3. The van der Waals surface area contributed by atoms with E-state index < -0.39 is 0 Å². The molecular weight excluding hydrogens is 166 g/mol. The fourth-order valence-electron chi connectivity index (χ4n) is 1.44. The van der Waals surface area contributed by atoms with E-state index >= 15 is 0 Å². The Morgan fingerprint density at radius 3 is 3.08 bits per heavy atom. The van der Waals surface area contributed by atoms with Crippen molar-refractivity contribution in [2.75, 3.05) is 0 Å². The van der Waals surface area contributed by atoms with Crippen LogP contribution >= 0.6 is 11.3 Å². The highest BCUT2D eigenvalue weighted by molar-refractivity contribution is 7.09. The second-order valence-corrected chi connectivity index (χ2v) is 4.62. The maximum absolute atomic E-state index is 3.56. The van der Waals surface area contributed by atoms with Gasteiger partial charge in [-0.25, -0.2) is 0 Å². The quantitative estimate of drug-likeness (QED) is 0.753. The van der Waals surface area contributed by atoms with Crippen molar-refractivity contribution in [1.82, 2.24) is 5.32 Å². The Balaban J connectivity index is 1.74. The maximum atomic E-state index is 3.56. The van der Waals surface area contributed by atoms with E-state index in [-0.39, 0.29) is 0 Å². The number of rotatable bonds is 4. The van der Waals surface area contributed by atoms with Gasteiger partial charge in [0.05, 0.1) is 0 Å². The van der Waals surface area contributed by atoms with Crippen LogP contribution in [-0.2, 0) is 6.54 Å². The van der Waals surface area contributed by atoms with Crippen molar-refractivity contribution in [2.24, 2.45) is 5.92 Å². The van der Waals surface area contributed by atoms with Crippen LogP contribution in [0.15, 0.2) is 17.5 Å². The predicted octanol–water partition coefficient (Wildman–Crippen LogP) is 2.64. The highest BCUT2D eigenvalue weighted by Gasteiger charge is 2.27. The average Bonchev–Trinajstić information content (AvgIpc) is 2.80. The SMILES string of the molecule is CC(NCc1cccs1)C1CC1. The lowest BCUT2D eigenvalue weighted by atomic mass is 10.2. The molecule has 1 nitrogen and oxygen atoms in total. The highest BCUT2D eigenvalue weighted by atomic mass is 32.1. The summed E-state index contributed by atoms with van der Waals surface area (Å²) in [4.78, 5) is 1.45. The molecule has 1 atom stereocenters. The van der Waals surface area contributed by atoms with Crippen LogP contribution in [0.5, 0.6) is 0 Å². The molecule has 0 aromatic carbocycles. The molecule has 1 unspecified atom stereocenters. The van der Waals surface area contributed by atoms with Gasteiger partial charge in [0.25, 0.3) is 0 Å². The van der Waals surface area contributed by atoms with Gasteiger partial charge in [0.1, 0.15) is 0 Å². The van der Waals surface area contributed by atoms with Crippen LogP contribution < -0.4 is 5.32 Å². The van der Waals surface area contributed by atoms with Crippen LogP contribution in [0.2, 0.25) is 0 Å². The lowest BCUT2D eigenvalue weighted by Crippen LogP contribution is -2.26. The molecule has 0 spiro atoms. The van der Waals surface area contributed by atoms with Crippen molar-refractivity contribution >= 4 is 11.3 Å². The molecule has 0 aliphatic heterocycles. The molecule has 2 rings (SSSR count). The lowest BCUT2D eigenvalue weighted by molar-refractivity contribution is 0.499. The fraction of sp³-hybridized carbons (Fsp3) is 0.600. The van der Waals surface area contributed by atoms with Gasteiger partial charge in [0.2, 0.25) is 0 Å². The number of hydrogen-bond donors (Lipinski definition) is 1. The molecule has 0 saturated heterocycles. The van der Waals surface area contributed by atoms with E-state index in [0.29, 0.717) is 6.04 Å². The molecule has 1 aliphatic carbocycles. The van der Waals surface area contributed by atoms with Crippen molar-refractivity contribution in [3.63, 3.8) is 0 Å². The molecule has 1 saturated carbocycles. The van der Waals surface area contributed by atoms with Crippen LogP contribution in [0.25, 0.3) is 0 Å². The van der Waals surface area contributed by atoms with E-state index in [4.69, 9.17) is 0 Å². The van der Waals surface area contributed by atoms with Crippen LogP contribution in [0.1, 0.15) is 24.6 Å². The fourth-order valence-corrected chi connectivity index (χ4v) is 2.09. The first-order chi connectivity index (χ1) is 5.86. The molecule has 2 heteroatoms. The first kappa shape index (κ1) is 8.27. The summed E-state index contributed by atoms with van der Waals surface area (Å²) in [5, 5.41) is 5.70. The van der Waals surface area contributed by atoms with E-state index in [2.05, 4.69) is 29.8 Å². The zero-order valence-corrected chi connectivity index (χ0v) is 8.23. The summed E-state index contributed by atoms with van der Waals surface area (Å²) in [7, 11) is 0. The molecular formula is C10H15NS. The van der Waals surface area contributed by atoms with Gasteiger partial charge in [-0.3, -0.25) is 0 Å². The van der Waals surface area contributed by atoms with Crippen molar-refractivity contribution in [1.29, 1.82) is 0 Å². The monoisotopic (exact) mass is 181 g/mol. The molecule has 0 bridgehead atoms. The van der Waals surface area contributed by atoms with Crippen molar-refractivity contribution < 1.29 is 0 Å². The van der Waals surface area contributed by atoms with Gasteiger partial charge in [-0.1, -0.05) is 6.07 Å². The summed E-state index contributed by atoms with van der Waals surface area (Å²) < 4.78 is 0. The average molecular weight is 181 g/mol. The van der Waals surface area contributed by atoms with Gasteiger partial charge in [0, 0.05) is 17.5 Å². The minimum atomic E-state index is 0.715. The molecule has 0 radical (unpaired) electrons. The molecule has 12 heavy (non-hydrogen) atoms. The van der Waals surface area contributed by atoms with E-state index in [1.165, 1.54) is 17.7 Å². The second-order valence-electron chi connectivity index (χ2n) is 3.59. The largest absolute Gasteiger partial charge is 0.309 e. The van der Waals surface area contributed by atoms with Crippen LogP contribution in [0.3, 0.4) is 0 Å². The van der Waals surface area contributed by atoms with Gasteiger partial charge < -0.3 is 5.32 Å². The summed E-state index contributed by atoms with van der Waals surface area (Å²) in [6, 6.07) is 5.02. The Morgan fingerprint density at radius 2 is 2.50 bits per heavy atom. The minimum Gasteiger partial charge on any atom is -0.309 e. The first-order valence-electron chi connectivity index (χ1n) is 4.62. The second kappa shape index (κ2) is 3.58. The molecule has 1 aliphatic rings. The van der Waals surface area contributed by atoms with Crippen molar-refractivity contribution in [2.45, 2.75) is 32.4 Å². The van der Waals surface area contributed by atoms with Gasteiger partial charge in [-0.05, 0) is 37.1 Å². The third kappa shape index (κ3) is 2.08. The third-order valence-electron chi connectivity index (χ3n) is 2.51. The van der Waals surface area contributed by atoms with E-state index in [1.807, 2.05) is 11.3 Å². The Kier molecular flexibility index (Phi) is 2.47. The maximum Gasteiger partial charge on any atom is 0.0302 e. The van der Waals surface area contributed by atoms with E-state index in [9.17, 15) is 0 Å². The predicted molar refractivity (Wildman–Crippen MR) is 53.3 cm³/mol.